The van der Waals surface area contributed by atoms with Crippen molar-refractivity contribution in [2.24, 2.45) is 0 Å². The predicted molar refractivity (Wildman–Crippen MR) is 78.6 cm³/mol. The molecule has 1 unspecified atom stereocenters. The number of thiazole rings is 1. The summed E-state index contributed by atoms with van der Waals surface area (Å²) < 4.78 is 12.2. The summed E-state index contributed by atoms with van der Waals surface area (Å²) in [5, 5.41) is 3.18. The first-order chi connectivity index (χ1) is 9.33. The van der Waals surface area contributed by atoms with Gasteiger partial charge in [-0.3, -0.25) is 0 Å². The Bertz CT molecular complexity index is 552. The maximum absolute atomic E-state index is 5.66. The van der Waals surface area contributed by atoms with Crippen molar-refractivity contribution in [3.05, 3.63) is 50.4 Å². The summed E-state index contributed by atoms with van der Waals surface area (Å²) in [7, 11) is 0. The van der Waals surface area contributed by atoms with E-state index in [1.165, 1.54) is 5.56 Å². The quantitative estimate of drug-likeness (QED) is 0.856. The summed E-state index contributed by atoms with van der Waals surface area (Å²) in [4.78, 5) is 4.66. The molecule has 1 aliphatic rings. The van der Waals surface area contributed by atoms with E-state index in [9.17, 15) is 0 Å². The molecule has 19 heavy (non-hydrogen) atoms. The van der Waals surface area contributed by atoms with E-state index in [4.69, 9.17) is 9.47 Å². The van der Waals surface area contributed by atoms with Crippen molar-refractivity contribution in [2.75, 3.05) is 19.8 Å². The van der Waals surface area contributed by atoms with Crippen molar-refractivity contribution in [2.45, 2.75) is 12.5 Å². The number of hydrogen-bond acceptors (Lipinski definition) is 4. The Morgan fingerprint density at radius 2 is 2.21 bits per heavy atom. The molecule has 3 rings (SSSR count). The first-order valence-electron chi connectivity index (χ1n) is 6.20. The molecule has 3 nitrogen and oxygen atoms in total. The van der Waals surface area contributed by atoms with E-state index in [0.29, 0.717) is 19.8 Å². The van der Waals surface area contributed by atoms with E-state index in [2.05, 4.69) is 38.4 Å². The summed E-state index contributed by atoms with van der Waals surface area (Å²) in [6, 6.07) is 8.24. The summed E-state index contributed by atoms with van der Waals surface area (Å²) in [6.07, 6.45) is 0.845. The lowest BCUT2D eigenvalue weighted by Gasteiger charge is -2.21. The first kappa shape index (κ1) is 13.2. The summed E-state index contributed by atoms with van der Waals surface area (Å²) >= 11 is 5.25. The van der Waals surface area contributed by atoms with Crippen molar-refractivity contribution >= 4 is 27.3 Å². The number of halogens is 1. The van der Waals surface area contributed by atoms with Gasteiger partial charge in [-0.2, -0.15) is 0 Å². The fraction of sp³-hybridized carbons (Fsp3) is 0.357. The molecule has 5 heteroatoms. The van der Waals surface area contributed by atoms with Gasteiger partial charge in [0.1, 0.15) is 6.10 Å². The highest BCUT2D eigenvalue weighted by atomic mass is 79.9. The fourth-order valence-electron chi connectivity index (χ4n) is 2.02. The van der Waals surface area contributed by atoms with Gasteiger partial charge in [-0.25, -0.2) is 4.98 Å². The number of hydrogen-bond donors (Lipinski definition) is 0. The van der Waals surface area contributed by atoms with Crippen LogP contribution >= 0.6 is 27.3 Å². The van der Waals surface area contributed by atoms with Crippen LogP contribution in [0.3, 0.4) is 0 Å². The van der Waals surface area contributed by atoms with Crippen LogP contribution in [-0.4, -0.2) is 24.8 Å². The van der Waals surface area contributed by atoms with Crippen molar-refractivity contribution in [3.63, 3.8) is 0 Å². The average molecular weight is 340 g/mol. The molecule has 0 bridgehead atoms. The van der Waals surface area contributed by atoms with Gasteiger partial charge in [0.05, 0.1) is 30.5 Å². The SMILES string of the molecule is Brc1ccccc1Cc1nc(C2COCCO2)cs1. The highest BCUT2D eigenvalue weighted by Gasteiger charge is 2.19. The Labute approximate surface area is 124 Å². The van der Waals surface area contributed by atoms with Crippen molar-refractivity contribution in [1.82, 2.24) is 4.98 Å². The minimum Gasteiger partial charge on any atom is -0.376 e. The zero-order valence-electron chi connectivity index (χ0n) is 10.3. The zero-order valence-corrected chi connectivity index (χ0v) is 12.7. The van der Waals surface area contributed by atoms with Gasteiger partial charge in [0, 0.05) is 16.3 Å². The summed E-state index contributed by atoms with van der Waals surface area (Å²) in [5.74, 6) is 0. The van der Waals surface area contributed by atoms with Gasteiger partial charge in [0.25, 0.3) is 0 Å². The van der Waals surface area contributed by atoms with E-state index < -0.39 is 0 Å². The largest absolute Gasteiger partial charge is 0.376 e. The van der Waals surface area contributed by atoms with Crippen molar-refractivity contribution in [3.8, 4) is 0 Å². The number of rotatable bonds is 3. The van der Waals surface area contributed by atoms with Crippen LogP contribution in [0.4, 0.5) is 0 Å². The lowest BCUT2D eigenvalue weighted by atomic mass is 10.2. The van der Waals surface area contributed by atoms with Gasteiger partial charge in [0.15, 0.2) is 0 Å². The van der Waals surface area contributed by atoms with Crippen LogP contribution in [0.15, 0.2) is 34.1 Å². The Morgan fingerprint density at radius 1 is 1.32 bits per heavy atom. The van der Waals surface area contributed by atoms with Crippen LogP contribution in [0.1, 0.15) is 22.4 Å². The van der Waals surface area contributed by atoms with Crippen LogP contribution in [-0.2, 0) is 15.9 Å². The fourth-order valence-corrected chi connectivity index (χ4v) is 3.30. The van der Waals surface area contributed by atoms with Gasteiger partial charge >= 0.3 is 0 Å². The molecule has 100 valence electrons. The minimum absolute atomic E-state index is 0.00189. The highest BCUT2D eigenvalue weighted by Crippen LogP contribution is 2.25. The Morgan fingerprint density at radius 3 is 3.00 bits per heavy atom. The molecule has 2 aromatic rings. The molecule has 0 aliphatic carbocycles. The second-order valence-corrected chi connectivity index (χ2v) is 6.17. The number of nitrogens with zero attached hydrogens (tertiary/aromatic N) is 1. The third-order valence-corrected chi connectivity index (χ3v) is 4.66. The summed E-state index contributed by atoms with van der Waals surface area (Å²) in [6.45, 7) is 1.95. The Hall–Kier alpha value is -0.750. The molecule has 1 fully saturated rings. The second-order valence-electron chi connectivity index (χ2n) is 4.37. The van der Waals surface area contributed by atoms with E-state index in [0.717, 1.165) is 21.6 Å². The Kier molecular flexibility index (Phi) is 4.28. The molecular weight excluding hydrogens is 326 g/mol. The predicted octanol–water partition coefficient (Wildman–Crippen LogP) is 3.58. The summed E-state index contributed by atoms with van der Waals surface area (Å²) in [5.41, 5.74) is 2.25. The molecule has 0 N–H and O–H groups in total. The lowest BCUT2D eigenvalue weighted by molar-refractivity contribution is -0.0916. The van der Waals surface area contributed by atoms with Gasteiger partial charge in [-0.15, -0.1) is 11.3 Å². The van der Waals surface area contributed by atoms with E-state index in [1.807, 2.05) is 12.1 Å². The molecule has 1 saturated heterocycles. The third kappa shape index (κ3) is 3.23. The molecule has 0 saturated carbocycles. The van der Waals surface area contributed by atoms with Gasteiger partial charge in [-0.1, -0.05) is 34.1 Å². The zero-order chi connectivity index (χ0) is 13.1. The topological polar surface area (TPSA) is 31.4 Å². The molecule has 2 heterocycles. The second kappa shape index (κ2) is 6.13. The standard InChI is InChI=1S/C14H14BrNO2S/c15-11-4-2-1-3-10(11)7-14-16-12(9-19-14)13-8-17-5-6-18-13/h1-4,9,13H,5-8H2. The van der Waals surface area contributed by atoms with Gasteiger partial charge < -0.3 is 9.47 Å². The van der Waals surface area contributed by atoms with Gasteiger partial charge in [-0.05, 0) is 11.6 Å². The van der Waals surface area contributed by atoms with Crippen molar-refractivity contribution < 1.29 is 9.47 Å². The average Bonchev–Trinajstić information content (AvgIpc) is 2.91. The molecule has 1 aromatic carbocycles. The molecule has 0 radical (unpaired) electrons. The van der Waals surface area contributed by atoms with E-state index >= 15 is 0 Å². The maximum Gasteiger partial charge on any atom is 0.124 e. The van der Waals surface area contributed by atoms with Crippen molar-refractivity contribution in [1.29, 1.82) is 0 Å². The molecule has 1 atom stereocenters. The first-order valence-corrected chi connectivity index (χ1v) is 7.87. The third-order valence-electron chi connectivity index (χ3n) is 3.01. The molecule has 0 amide bonds. The Balaban J connectivity index is 1.73. The van der Waals surface area contributed by atoms with Crippen LogP contribution in [0.2, 0.25) is 0 Å². The van der Waals surface area contributed by atoms with E-state index in [-0.39, 0.29) is 6.10 Å². The maximum atomic E-state index is 5.66. The molecular formula is C14H14BrNO2S. The molecule has 1 aliphatic heterocycles. The van der Waals surface area contributed by atoms with Crippen LogP contribution in [0, 0.1) is 0 Å². The minimum atomic E-state index is -0.00189. The number of benzene rings is 1. The van der Waals surface area contributed by atoms with Gasteiger partial charge in [0.2, 0.25) is 0 Å². The van der Waals surface area contributed by atoms with Crippen LogP contribution < -0.4 is 0 Å². The molecule has 1 aromatic heterocycles. The lowest BCUT2D eigenvalue weighted by Crippen LogP contribution is -2.22. The smallest absolute Gasteiger partial charge is 0.124 e. The van der Waals surface area contributed by atoms with Crippen LogP contribution in [0.5, 0.6) is 0 Å². The highest BCUT2D eigenvalue weighted by molar-refractivity contribution is 9.10. The molecule has 0 spiro atoms. The van der Waals surface area contributed by atoms with Crippen LogP contribution in [0.25, 0.3) is 0 Å². The number of ether oxygens (including phenoxy) is 2. The number of aromatic nitrogens is 1. The monoisotopic (exact) mass is 339 g/mol. The normalized spacial score (nSPS) is 19.5. The van der Waals surface area contributed by atoms with E-state index in [1.54, 1.807) is 11.3 Å².